The summed E-state index contributed by atoms with van der Waals surface area (Å²) in [4.78, 5) is 22.7. The van der Waals surface area contributed by atoms with E-state index in [1.807, 2.05) is 18.2 Å². The summed E-state index contributed by atoms with van der Waals surface area (Å²) < 4.78 is 5.41. The summed E-state index contributed by atoms with van der Waals surface area (Å²) in [5.74, 6) is -1.30. The van der Waals surface area contributed by atoms with Gasteiger partial charge in [-0.25, -0.2) is 9.59 Å². The second-order valence-electron chi connectivity index (χ2n) is 4.68. The summed E-state index contributed by atoms with van der Waals surface area (Å²) >= 11 is 0. The molecule has 100 valence electrons. The van der Waals surface area contributed by atoms with E-state index in [2.05, 4.69) is 0 Å². The zero-order valence-electron chi connectivity index (χ0n) is 10.6. The van der Waals surface area contributed by atoms with E-state index in [1.165, 1.54) is 12.1 Å². The Bertz CT molecular complexity index is 673. The molecule has 0 bridgehead atoms. The monoisotopic (exact) mass is 268 g/mol. The first-order valence-corrected chi connectivity index (χ1v) is 6.27. The Kier molecular flexibility index (Phi) is 2.99. The van der Waals surface area contributed by atoms with Crippen LogP contribution in [0.5, 0.6) is 0 Å². The summed E-state index contributed by atoms with van der Waals surface area (Å²) in [6.07, 6.45) is 0.245. The molecule has 1 aliphatic heterocycles. The fourth-order valence-electron chi connectivity index (χ4n) is 2.36. The lowest BCUT2D eigenvalue weighted by molar-refractivity contribution is 0.0252. The fourth-order valence-corrected chi connectivity index (χ4v) is 2.36. The number of aromatic carboxylic acids is 1. The van der Waals surface area contributed by atoms with Crippen LogP contribution in [-0.4, -0.2) is 17.0 Å². The van der Waals surface area contributed by atoms with Gasteiger partial charge >= 0.3 is 11.9 Å². The Morgan fingerprint density at radius 2 is 1.80 bits per heavy atom. The molecular formula is C16H12O4. The van der Waals surface area contributed by atoms with Crippen molar-refractivity contribution in [3.63, 3.8) is 0 Å². The van der Waals surface area contributed by atoms with E-state index in [0.29, 0.717) is 12.0 Å². The summed E-state index contributed by atoms with van der Waals surface area (Å²) in [7, 11) is 0. The highest BCUT2D eigenvalue weighted by molar-refractivity contribution is 5.92. The first kappa shape index (κ1) is 12.4. The van der Waals surface area contributed by atoms with E-state index in [4.69, 9.17) is 9.84 Å². The second kappa shape index (κ2) is 4.81. The Labute approximate surface area is 115 Å². The highest BCUT2D eigenvalue weighted by Crippen LogP contribution is 2.30. The van der Waals surface area contributed by atoms with Crippen LogP contribution in [0.2, 0.25) is 0 Å². The van der Waals surface area contributed by atoms with Gasteiger partial charge in [0.25, 0.3) is 0 Å². The lowest BCUT2D eigenvalue weighted by atomic mass is 9.94. The van der Waals surface area contributed by atoms with Crippen molar-refractivity contribution in [1.29, 1.82) is 0 Å². The van der Waals surface area contributed by atoms with Crippen molar-refractivity contribution in [2.24, 2.45) is 0 Å². The summed E-state index contributed by atoms with van der Waals surface area (Å²) in [5.41, 5.74) is 2.58. The van der Waals surface area contributed by atoms with E-state index in [1.54, 1.807) is 18.2 Å². The normalized spacial score (nSPS) is 17.2. The number of rotatable bonds is 2. The summed E-state index contributed by atoms with van der Waals surface area (Å²) in [5, 5.41) is 8.87. The molecule has 1 aliphatic rings. The average Bonchev–Trinajstić information content (AvgIpc) is 2.47. The van der Waals surface area contributed by atoms with E-state index < -0.39 is 5.97 Å². The van der Waals surface area contributed by atoms with E-state index in [0.717, 1.165) is 11.1 Å². The van der Waals surface area contributed by atoms with Crippen molar-refractivity contribution >= 4 is 11.9 Å². The van der Waals surface area contributed by atoms with Gasteiger partial charge in [-0.05, 0) is 29.3 Å². The van der Waals surface area contributed by atoms with E-state index >= 15 is 0 Å². The van der Waals surface area contributed by atoms with Gasteiger partial charge < -0.3 is 9.84 Å². The Balaban J connectivity index is 1.90. The maximum atomic E-state index is 11.9. The van der Waals surface area contributed by atoms with Gasteiger partial charge in [0.05, 0.1) is 11.1 Å². The lowest BCUT2D eigenvalue weighted by Gasteiger charge is -2.24. The average molecular weight is 268 g/mol. The molecule has 0 saturated carbocycles. The Hall–Kier alpha value is -2.62. The summed E-state index contributed by atoms with van der Waals surface area (Å²) in [6.45, 7) is 0. The van der Waals surface area contributed by atoms with Crippen molar-refractivity contribution in [3.8, 4) is 0 Å². The third kappa shape index (κ3) is 2.16. The SMILES string of the molecule is O=C(O)c1ccc(C2Cc3ccccc3C(=O)O2)cc1. The molecule has 1 unspecified atom stereocenters. The van der Waals surface area contributed by atoms with Crippen molar-refractivity contribution < 1.29 is 19.4 Å². The number of cyclic esters (lactones) is 1. The van der Waals surface area contributed by atoms with E-state index in [-0.39, 0.29) is 17.6 Å². The highest BCUT2D eigenvalue weighted by Gasteiger charge is 2.27. The van der Waals surface area contributed by atoms with Crippen LogP contribution in [0, 0.1) is 0 Å². The number of fused-ring (bicyclic) bond motifs is 1. The van der Waals surface area contributed by atoms with Crippen LogP contribution in [0.4, 0.5) is 0 Å². The smallest absolute Gasteiger partial charge is 0.339 e. The lowest BCUT2D eigenvalue weighted by Crippen LogP contribution is -2.21. The molecule has 1 N–H and O–H groups in total. The molecule has 4 heteroatoms. The standard InChI is InChI=1S/C16H12O4/c17-15(18)11-7-5-10(6-8-11)14-9-12-3-1-2-4-13(12)16(19)20-14/h1-8,14H,9H2,(H,17,18). The topological polar surface area (TPSA) is 63.6 Å². The number of carboxylic acid groups (broad SMARTS) is 1. The number of carbonyl (C=O) groups is 2. The second-order valence-corrected chi connectivity index (χ2v) is 4.68. The Morgan fingerprint density at radius 3 is 2.50 bits per heavy atom. The highest BCUT2D eigenvalue weighted by atomic mass is 16.5. The molecule has 0 amide bonds. The van der Waals surface area contributed by atoms with Crippen LogP contribution in [0.3, 0.4) is 0 Å². The third-order valence-corrected chi connectivity index (χ3v) is 3.42. The molecule has 0 spiro atoms. The van der Waals surface area contributed by atoms with Crippen molar-refractivity contribution in [1.82, 2.24) is 0 Å². The van der Waals surface area contributed by atoms with Crippen molar-refractivity contribution in [3.05, 3.63) is 70.8 Å². The van der Waals surface area contributed by atoms with Crippen LogP contribution >= 0.6 is 0 Å². The molecule has 0 radical (unpaired) electrons. The molecule has 4 nitrogen and oxygen atoms in total. The predicted octanol–water partition coefficient (Wildman–Crippen LogP) is 2.84. The predicted molar refractivity (Wildman–Crippen MR) is 71.7 cm³/mol. The molecule has 2 aromatic carbocycles. The number of hydrogen-bond donors (Lipinski definition) is 1. The molecule has 0 aliphatic carbocycles. The largest absolute Gasteiger partial charge is 0.478 e. The number of carboxylic acids is 1. The molecular weight excluding hydrogens is 256 g/mol. The van der Waals surface area contributed by atoms with Crippen molar-refractivity contribution in [2.45, 2.75) is 12.5 Å². The molecule has 0 saturated heterocycles. The van der Waals surface area contributed by atoms with Crippen LogP contribution in [-0.2, 0) is 11.2 Å². The minimum Gasteiger partial charge on any atom is -0.478 e. The quantitative estimate of drug-likeness (QED) is 0.851. The van der Waals surface area contributed by atoms with Gasteiger partial charge in [-0.1, -0.05) is 30.3 Å². The van der Waals surface area contributed by atoms with Crippen LogP contribution in [0.15, 0.2) is 48.5 Å². The first-order chi connectivity index (χ1) is 9.65. The molecule has 1 heterocycles. The van der Waals surface area contributed by atoms with Crippen LogP contribution < -0.4 is 0 Å². The number of esters is 1. The zero-order chi connectivity index (χ0) is 14.1. The number of hydrogen-bond acceptors (Lipinski definition) is 3. The maximum Gasteiger partial charge on any atom is 0.339 e. The van der Waals surface area contributed by atoms with Gasteiger partial charge in [-0.15, -0.1) is 0 Å². The van der Waals surface area contributed by atoms with Crippen molar-refractivity contribution in [2.75, 3.05) is 0 Å². The molecule has 0 aromatic heterocycles. The fraction of sp³-hybridized carbons (Fsp3) is 0.125. The minimum atomic E-state index is -0.970. The minimum absolute atomic E-state index is 0.219. The Morgan fingerprint density at radius 1 is 1.10 bits per heavy atom. The van der Waals surface area contributed by atoms with Gasteiger partial charge in [0.2, 0.25) is 0 Å². The first-order valence-electron chi connectivity index (χ1n) is 6.27. The molecule has 2 aromatic rings. The van der Waals surface area contributed by atoms with Crippen LogP contribution in [0.25, 0.3) is 0 Å². The van der Waals surface area contributed by atoms with Gasteiger partial charge in [0, 0.05) is 6.42 Å². The van der Waals surface area contributed by atoms with Gasteiger partial charge in [0.15, 0.2) is 0 Å². The third-order valence-electron chi connectivity index (χ3n) is 3.42. The molecule has 0 fully saturated rings. The number of carbonyl (C=O) groups excluding carboxylic acids is 1. The van der Waals surface area contributed by atoms with Crippen LogP contribution in [0.1, 0.15) is 37.9 Å². The molecule has 1 atom stereocenters. The van der Waals surface area contributed by atoms with E-state index in [9.17, 15) is 9.59 Å². The van der Waals surface area contributed by atoms with Gasteiger partial charge in [-0.2, -0.15) is 0 Å². The summed E-state index contributed by atoms with van der Waals surface area (Å²) in [6, 6.07) is 13.8. The van der Waals surface area contributed by atoms with Gasteiger partial charge in [0.1, 0.15) is 6.10 Å². The number of benzene rings is 2. The maximum absolute atomic E-state index is 11.9. The molecule has 20 heavy (non-hydrogen) atoms. The zero-order valence-corrected chi connectivity index (χ0v) is 10.6. The van der Waals surface area contributed by atoms with Gasteiger partial charge in [-0.3, -0.25) is 0 Å². The number of ether oxygens (including phenoxy) is 1. The molecule has 3 rings (SSSR count).